The van der Waals surface area contributed by atoms with Crippen molar-refractivity contribution in [2.24, 2.45) is 21.6 Å². The number of hydrogen-bond acceptors (Lipinski definition) is 6. The summed E-state index contributed by atoms with van der Waals surface area (Å²) >= 11 is 1.29. The molecule has 4 N–H and O–H groups in total. The minimum Gasteiger partial charge on any atom is -0.404 e. The molecule has 10 heteroatoms. The molecule has 7 nitrogen and oxygen atoms in total. The van der Waals surface area contributed by atoms with Crippen LogP contribution in [0.5, 0.6) is 0 Å². The second-order valence-corrected chi connectivity index (χ2v) is 10.3. The molecule has 210 valence electrons. The number of rotatable bonds is 11. The minimum atomic E-state index is -0.646. The second kappa shape index (κ2) is 13.6. The van der Waals surface area contributed by atoms with E-state index in [4.69, 9.17) is 10.7 Å². The highest BCUT2D eigenvalue weighted by molar-refractivity contribution is 7.98. The third-order valence-electron chi connectivity index (χ3n) is 6.78. The molecule has 0 spiro atoms. The molecule has 3 rings (SSSR count). The summed E-state index contributed by atoms with van der Waals surface area (Å²) in [7, 11) is 3.32. The van der Waals surface area contributed by atoms with Gasteiger partial charge in [-0.1, -0.05) is 19.4 Å². The summed E-state index contributed by atoms with van der Waals surface area (Å²) in [6.07, 6.45) is 8.68. The molecule has 39 heavy (non-hydrogen) atoms. The van der Waals surface area contributed by atoms with Gasteiger partial charge >= 0.3 is 0 Å². The number of aromatic nitrogens is 2. The SMILES string of the molecule is CC/C(C)=C(C(\C=NC)=C\N)/C(=C(\N=C(/C)N(C)c1c(F)cc(SC)cc1F)Nc1cc(CC)[nH]n1)C1CC1. The predicted octanol–water partition coefficient (Wildman–Crippen LogP) is 6.83. The van der Waals surface area contributed by atoms with Crippen LogP contribution in [-0.4, -0.2) is 42.6 Å². The molecule has 2 aromatic rings. The first-order valence-corrected chi connectivity index (χ1v) is 14.3. The highest BCUT2D eigenvalue weighted by Gasteiger charge is 2.33. The number of anilines is 2. The Morgan fingerprint density at radius 1 is 1.23 bits per heavy atom. The summed E-state index contributed by atoms with van der Waals surface area (Å²) in [5.74, 6) is 0.526. The summed E-state index contributed by atoms with van der Waals surface area (Å²) in [6.45, 7) is 7.95. The van der Waals surface area contributed by atoms with Gasteiger partial charge in [-0.3, -0.25) is 10.1 Å². The molecule has 0 atom stereocenters. The Morgan fingerprint density at radius 2 is 1.90 bits per heavy atom. The lowest BCUT2D eigenvalue weighted by molar-refractivity contribution is 0.579. The van der Waals surface area contributed by atoms with Crippen molar-refractivity contribution in [3.05, 3.63) is 69.8 Å². The summed E-state index contributed by atoms with van der Waals surface area (Å²) in [4.78, 5) is 11.1. The standard InChI is InChI=1S/C29H39F2N7S/c1-8-17(3)26(20(15-32)16-33-5)27(19-10-11-19)29(35-25-12-21(9-2)36-37-25)34-18(4)38(6)28-23(30)13-22(39-7)14-24(28)31/h12-16,19H,8-11,32H2,1-7H3,(H2,35,36,37)/b20-15+,26-17+,29-27+,33-16?,34-18+. The number of benzene rings is 1. The van der Waals surface area contributed by atoms with E-state index in [-0.39, 0.29) is 11.6 Å². The van der Waals surface area contributed by atoms with Crippen LogP contribution in [0.1, 0.15) is 52.7 Å². The van der Waals surface area contributed by atoms with E-state index < -0.39 is 11.6 Å². The van der Waals surface area contributed by atoms with Crippen LogP contribution >= 0.6 is 11.8 Å². The molecular formula is C29H39F2N7S. The van der Waals surface area contributed by atoms with Crippen molar-refractivity contribution >= 4 is 35.3 Å². The van der Waals surface area contributed by atoms with E-state index in [1.165, 1.54) is 28.8 Å². The Morgan fingerprint density at radius 3 is 2.38 bits per heavy atom. The highest BCUT2D eigenvalue weighted by Crippen LogP contribution is 2.45. The largest absolute Gasteiger partial charge is 0.404 e. The predicted molar refractivity (Wildman–Crippen MR) is 161 cm³/mol. The van der Waals surface area contributed by atoms with Crippen molar-refractivity contribution in [1.82, 2.24) is 10.2 Å². The van der Waals surface area contributed by atoms with Gasteiger partial charge in [-0.15, -0.1) is 11.8 Å². The number of aromatic amines is 1. The number of allylic oxidation sites excluding steroid dienone is 4. The van der Waals surface area contributed by atoms with Gasteiger partial charge in [0.2, 0.25) is 0 Å². The first-order valence-electron chi connectivity index (χ1n) is 13.1. The van der Waals surface area contributed by atoms with Gasteiger partial charge in [0.15, 0.2) is 17.5 Å². The molecule has 1 aromatic heterocycles. The fraction of sp³-hybridized carbons (Fsp3) is 0.414. The zero-order chi connectivity index (χ0) is 28.7. The average Bonchev–Trinajstić information content (AvgIpc) is 3.66. The second-order valence-electron chi connectivity index (χ2n) is 9.47. The van der Waals surface area contributed by atoms with E-state index in [1.54, 1.807) is 39.7 Å². The molecule has 0 radical (unpaired) electrons. The van der Waals surface area contributed by atoms with E-state index in [9.17, 15) is 0 Å². The monoisotopic (exact) mass is 555 g/mol. The maximum absolute atomic E-state index is 15.0. The summed E-state index contributed by atoms with van der Waals surface area (Å²) in [5.41, 5.74) is 10.8. The summed E-state index contributed by atoms with van der Waals surface area (Å²) in [6, 6.07) is 4.60. The van der Waals surface area contributed by atoms with E-state index in [2.05, 4.69) is 34.4 Å². The van der Waals surface area contributed by atoms with Crippen LogP contribution in [0.25, 0.3) is 0 Å². The lowest BCUT2D eigenvalue weighted by atomic mass is 9.89. The molecule has 1 aliphatic rings. The highest BCUT2D eigenvalue weighted by atomic mass is 32.2. The number of thioether (sulfide) groups is 1. The molecule has 1 heterocycles. The van der Waals surface area contributed by atoms with Gasteiger partial charge in [0.05, 0.1) is 0 Å². The quantitative estimate of drug-likeness (QED) is 0.122. The molecule has 0 unspecified atom stereocenters. The third-order valence-corrected chi connectivity index (χ3v) is 7.49. The number of amidine groups is 1. The van der Waals surface area contributed by atoms with E-state index in [1.807, 2.05) is 13.0 Å². The fourth-order valence-corrected chi connectivity index (χ4v) is 4.73. The number of nitrogens with two attached hydrogens (primary N) is 1. The van der Waals surface area contributed by atoms with Crippen molar-refractivity contribution in [3.63, 3.8) is 0 Å². The normalized spacial score (nSPS) is 15.9. The Balaban J connectivity index is 2.25. The Bertz CT molecular complexity index is 1310. The van der Waals surface area contributed by atoms with Gasteiger partial charge in [-0.25, -0.2) is 13.8 Å². The van der Waals surface area contributed by atoms with Gasteiger partial charge < -0.3 is 16.0 Å². The summed E-state index contributed by atoms with van der Waals surface area (Å²) < 4.78 is 30.0. The van der Waals surface area contributed by atoms with Crippen LogP contribution < -0.4 is 16.0 Å². The molecular weight excluding hydrogens is 516 g/mol. The average molecular weight is 556 g/mol. The molecule has 0 aliphatic heterocycles. The number of aliphatic imine (C=N–C) groups is 2. The smallest absolute Gasteiger partial charge is 0.153 e. The van der Waals surface area contributed by atoms with Crippen LogP contribution in [0.15, 0.2) is 67.4 Å². The first-order chi connectivity index (χ1) is 18.7. The number of nitrogens with zero attached hydrogens (tertiary/aromatic N) is 4. The van der Waals surface area contributed by atoms with Crippen LogP contribution in [0.4, 0.5) is 20.3 Å². The van der Waals surface area contributed by atoms with Crippen molar-refractivity contribution in [1.29, 1.82) is 0 Å². The lowest BCUT2D eigenvalue weighted by Crippen LogP contribution is -2.26. The van der Waals surface area contributed by atoms with Crippen LogP contribution in [-0.2, 0) is 6.42 Å². The number of nitrogens with one attached hydrogen (secondary N) is 2. The zero-order valence-electron chi connectivity index (χ0n) is 23.8. The Kier molecular flexibility index (Phi) is 10.5. The fourth-order valence-electron chi connectivity index (χ4n) is 4.29. The van der Waals surface area contributed by atoms with Crippen molar-refractivity contribution in [2.45, 2.75) is 58.3 Å². The number of halogens is 2. The van der Waals surface area contributed by atoms with Crippen molar-refractivity contribution < 1.29 is 8.78 Å². The van der Waals surface area contributed by atoms with Gasteiger partial charge in [0.25, 0.3) is 0 Å². The van der Waals surface area contributed by atoms with Gasteiger partial charge in [-0.2, -0.15) is 5.10 Å². The van der Waals surface area contributed by atoms with Crippen LogP contribution in [0.2, 0.25) is 0 Å². The molecule has 1 aromatic carbocycles. The zero-order valence-corrected chi connectivity index (χ0v) is 24.6. The van der Waals surface area contributed by atoms with Gasteiger partial charge in [-0.05, 0) is 69.4 Å². The lowest BCUT2D eigenvalue weighted by Gasteiger charge is -2.23. The van der Waals surface area contributed by atoms with E-state index in [0.29, 0.717) is 22.4 Å². The van der Waals surface area contributed by atoms with Crippen molar-refractivity contribution in [3.8, 4) is 0 Å². The molecule has 1 saturated carbocycles. The Hall–Kier alpha value is -3.40. The molecule has 1 aliphatic carbocycles. The molecule has 0 amide bonds. The molecule has 0 bridgehead atoms. The molecule has 1 fully saturated rings. The topological polar surface area (TPSA) is 94.7 Å². The number of H-pyrrole nitrogens is 1. The van der Waals surface area contributed by atoms with E-state index >= 15 is 8.78 Å². The van der Waals surface area contributed by atoms with Crippen LogP contribution in [0, 0.1) is 17.6 Å². The summed E-state index contributed by atoms with van der Waals surface area (Å²) in [5, 5.41) is 10.9. The van der Waals surface area contributed by atoms with E-state index in [0.717, 1.165) is 53.7 Å². The number of hydrogen-bond donors (Lipinski definition) is 3. The maximum Gasteiger partial charge on any atom is 0.153 e. The number of aryl methyl sites for hydroxylation is 1. The Labute approximate surface area is 234 Å². The maximum atomic E-state index is 15.0. The third kappa shape index (κ3) is 7.17. The molecule has 0 saturated heterocycles. The first kappa shape index (κ1) is 30.1. The van der Waals surface area contributed by atoms with Gasteiger partial charge in [0, 0.05) is 54.3 Å². The van der Waals surface area contributed by atoms with Crippen LogP contribution in [0.3, 0.4) is 0 Å². The minimum absolute atomic E-state index is 0.157. The van der Waals surface area contributed by atoms with Gasteiger partial charge in [0.1, 0.15) is 17.3 Å². The van der Waals surface area contributed by atoms with Crippen molar-refractivity contribution in [2.75, 3.05) is 30.6 Å².